The second-order valence-electron chi connectivity index (χ2n) is 8.77. The maximum Gasteiger partial charge on any atom is 0.120 e. The van der Waals surface area contributed by atoms with Gasteiger partial charge >= 0.3 is 0 Å². The van der Waals surface area contributed by atoms with Gasteiger partial charge in [0.1, 0.15) is 12.1 Å². The minimum atomic E-state index is -0.105. The molecule has 0 aromatic heterocycles. The minimum absolute atomic E-state index is 0.0676. The van der Waals surface area contributed by atoms with E-state index in [0.717, 1.165) is 37.1 Å². The molecule has 2 aliphatic carbocycles. The van der Waals surface area contributed by atoms with E-state index in [4.69, 9.17) is 4.74 Å². The van der Waals surface area contributed by atoms with Crippen molar-refractivity contribution in [3.63, 3.8) is 0 Å². The zero-order chi connectivity index (χ0) is 21.8. The van der Waals surface area contributed by atoms with Crippen molar-refractivity contribution in [3.8, 4) is 0 Å². The van der Waals surface area contributed by atoms with Gasteiger partial charge in [-0.1, -0.05) is 60.7 Å². The summed E-state index contributed by atoms with van der Waals surface area (Å²) in [6, 6.07) is 10.6. The van der Waals surface area contributed by atoms with Crippen LogP contribution >= 0.6 is 0 Å². The lowest BCUT2D eigenvalue weighted by molar-refractivity contribution is -0.108. The Bertz CT molecular complexity index is 957. The summed E-state index contributed by atoms with van der Waals surface area (Å²) in [4.78, 5) is 18.3. The molecule has 0 radical (unpaired) electrons. The summed E-state index contributed by atoms with van der Waals surface area (Å²) in [6.45, 7) is 7.77. The van der Waals surface area contributed by atoms with Crippen molar-refractivity contribution in [3.05, 3.63) is 83.7 Å². The summed E-state index contributed by atoms with van der Waals surface area (Å²) >= 11 is 0. The zero-order valence-electron chi connectivity index (χ0n) is 18.6. The molecule has 1 aromatic rings. The van der Waals surface area contributed by atoms with E-state index in [-0.39, 0.29) is 11.3 Å². The number of nitrogens with zero attached hydrogens (tertiary/aromatic N) is 2. The number of allylic oxidation sites excluding steroid dienone is 5. The summed E-state index contributed by atoms with van der Waals surface area (Å²) < 4.78 is 6.05. The summed E-state index contributed by atoms with van der Waals surface area (Å²) in [5.41, 5.74) is 4.91. The van der Waals surface area contributed by atoms with Crippen LogP contribution in [-0.4, -0.2) is 37.3 Å². The number of carbonyl (C=O) groups excluding carboxylic acids is 1. The van der Waals surface area contributed by atoms with Gasteiger partial charge in [0.2, 0.25) is 0 Å². The second-order valence-corrected chi connectivity index (χ2v) is 8.77. The fourth-order valence-corrected chi connectivity index (χ4v) is 5.10. The predicted molar refractivity (Wildman–Crippen MR) is 126 cm³/mol. The molecular weight excluding hydrogens is 384 g/mol. The number of carbonyl (C=O) groups is 1. The average molecular weight is 417 g/mol. The molecule has 0 saturated heterocycles. The van der Waals surface area contributed by atoms with E-state index in [0.29, 0.717) is 25.6 Å². The van der Waals surface area contributed by atoms with E-state index < -0.39 is 0 Å². The predicted octanol–water partition coefficient (Wildman–Crippen LogP) is 5.20. The Labute approximate surface area is 185 Å². The van der Waals surface area contributed by atoms with Crippen LogP contribution in [0.4, 0.5) is 0 Å². The highest BCUT2D eigenvalue weighted by Crippen LogP contribution is 2.64. The summed E-state index contributed by atoms with van der Waals surface area (Å²) in [5, 5.41) is 0. The quantitative estimate of drug-likeness (QED) is 0.332. The first-order chi connectivity index (χ1) is 15.1. The highest BCUT2D eigenvalue weighted by atomic mass is 16.5. The molecule has 1 saturated carbocycles. The number of rotatable bonds is 8. The fraction of sp³-hybridized carbons (Fsp3) is 0.407. The first-order valence-corrected chi connectivity index (χ1v) is 11.2. The van der Waals surface area contributed by atoms with Gasteiger partial charge in [0.05, 0.1) is 13.2 Å². The van der Waals surface area contributed by atoms with Crippen molar-refractivity contribution in [2.75, 3.05) is 20.3 Å². The van der Waals surface area contributed by atoms with E-state index in [1.807, 2.05) is 0 Å². The van der Waals surface area contributed by atoms with E-state index in [9.17, 15) is 4.79 Å². The van der Waals surface area contributed by atoms with Crippen molar-refractivity contribution in [1.82, 2.24) is 4.90 Å². The molecule has 162 valence electrons. The lowest BCUT2D eigenvalue weighted by Crippen LogP contribution is -2.40. The highest BCUT2D eigenvalue weighted by Gasteiger charge is 2.61. The number of amidine groups is 1. The molecule has 4 heteroatoms. The lowest BCUT2D eigenvalue weighted by atomic mass is 9.85. The topological polar surface area (TPSA) is 41.9 Å². The van der Waals surface area contributed by atoms with Crippen LogP contribution in [0.5, 0.6) is 0 Å². The minimum Gasteiger partial charge on any atom is -0.376 e. The van der Waals surface area contributed by atoms with Crippen LogP contribution in [-0.2, 0) is 14.9 Å². The van der Waals surface area contributed by atoms with E-state index in [1.54, 1.807) is 7.05 Å². The van der Waals surface area contributed by atoms with Crippen molar-refractivity contribution in [2.24, 2.45) is 16.8 Å². The van der Waals surface area contributed by atoms with Crippen LogP contribution in [0.3, 0.4) is 0 Å². The Morgan fingerprint density at radius 1 is 1.39 bits per heavy atom. The Morgan fingerprint density at radius 2 is 2.19 bits per heavy atom. The van der Waals surface area contributed by atoms with Gasteiger partial charge in [0.25, 0.3) is 0 Å². The molecular formula is C27H32N2O2. The number of aldehydes is 1. The molecule has 0 spiro atoms. The largest absolute Gasteiger partial charge is 0.376 e. The average Bonchev–Trinajstić information content (AvgIpc) is 3.57. The zero-order valence-corrected chi connectivity index (χ0v) is 18.6. The summed E-state index contributed by atoms with van der Waals surface area (Å²) in [6.07, 6.45) is 13.1. The third-order valence-corrected chi connectivity index (χ3v) is 6.87. The molecule has 1 heterocycles. The Hall–Kier alpha value is -2.72. The number of benzene rings is 1. The molecule has 4 rings (SSSR count). The fourth-order valence-electron chi connectivity index (χ4n) is 5.10. The SMILES string of the molecule is C=C1N(C(=NC)[C@H](CC=O)COCC2=CC=CCC2)C=C(C)C2CC12c1ccccc1. The number of hydrogen-bond donors (Lipinski definition) is 0. The highest BCUT2D eigenvalue weighted by molar-refractivity contribution is 5.90. The Kier molecular flexibility index (Phi) is 6.38. The number of ether oxygens (including phenoxy) is 1. The van der Waals surface area contributed by atoms with Crippen molar-refractivity contribution in [1.29, 1.82) is 0 Å². The summed E-state index contributed by atoms with van der Waals surface area (Å²) in [5.74, 6) is 1.24. The standard InChI is InChI=1S/C27H32N2O2/c1-20-17-29(21(2)27(16-25(20)27)24-12-8-5-9-13-24)26(28-3)23(14-15-30)19-31-18-22-10-6-4-7-11-22/h4-6,8-10,12-13,15,17,23,25H,2,7,11,14,16,18-19H2,1,3H3/t23-,25?,27?/m1/s1. The number of fused-ring (bicyclic) bond motifs is 1. The van der Waals surface area contributed by atoms with Crippen LogP contribution in [0.15, 0.2) is 83.2 Å². The van der Waals surface area contributed by atoms with Crippen molar-refractivity contribution in [2.45, 2.75) is 38.0 Å². The molecule has 31 heavy (non-hydrogen) atoms. The molecule has 3 atom stereocenters. The Morgan fingerprint density at radius 3 is 2.87 bits per heavy atom. The maximum atomic E-state index is 11.5. The monoisotopic (exact) mass is 416 g/mol. The molecule has 2 unspecified atom stereocenters. The van der Waals surface area contributed by atoms with E-state index in [2.05, 4.69) is 78.2 Å². The Balaban J connectivity index is 1.54. The molecule has 0 amide bonds. The smallest absolute Gasteiger partial charge is 0.120 e. The van der Waals surface area contributed by atoms with Gasteiger partial charge in [-0.2, -0.15) is 0 Å². The van der Waals surface area contributed by atoms with E-state index >= 15 is 0 Å². The molecule has 1 fully saturated rings. The van der Waals surface area contributed by atoms with Crippen molar-refractivity contribution < 1.29 is 9.53 Å². The molecule has 1 aromatic carbocycles. The third kappa shape index (κ3) is 4.09. The van der Waals surface area contributed by atoms with Gasteiger partial charge < -0.3 is 14.4 Å². The lowest BCUT2D eigenvalue weighted by Gasteiger charge is -2.37. The third-order valence-electron chi connectivity index (χ3n) is 6.87. The van der Waals surface area contributed by atoms with Gasteiger partial charge in [-0.3, -0.25) is 4.99 Å². The van der Waals surface area contributed by atoms with Crippen LogP contribution in [0, 0.1) is 11.8 Å². The molecule has 4 nitrogen and oxygen atoms in total. The number of aliphatic imine (C=N–C) groups is 1. The van der Waals surface area contributed by atoms with Gasteiger partial charge in [-0.25, -0.2) is 0 Å². The molecule has 1 aliphatic heterocycles. The normalized spacial score (nSPS) is 26.1. The van der Waals surface area contributed by atoms with Crippen LogP contribution in [0.25, 0.3) is 0 Å². The molecule has 3 aliphatic rings. The van der Waals surface area contributed by atoms with Gasteiger partial charge in [0, 0.05) is 36.7 Å². The first kappa shape index (κ1) is 21.5. The van der Waals surface area contributed by atoms with Crippen LogP contribution in [0.1, 0.15) is 38.2 Å². The summed E-state index contributed by atoms with van der Waals surface area (Å²) in [7, 11) is 1.80. The van der Waals surface area contributed by atoms with Crippen molar-refractivity contribution >= 4 is 12.1 Å². The second kappa shape index (κ2) is 9.19. The maximum absolute atomic E-state index is 11.5. The van der Waals surface area contributed by atoms with Gasteiger partial charge in [-0.05, 0) is 43.2 Å². The first-order valence-electron chi connectivity index (χ1n) is 11.2. The van der Waals surface area contributed by atoms with Crippen LogP contribution < -0.4 is 0 Å². The van der Waals surface area contributed by atoms with Crippen LogP contribution in [0.2, 0.25) is 0 Å². The number of hydrogen-bond acceptors (Lipinski definition) is 3. The molecule has 0 N–H and O–H groups in total. The molecule has 0 bridgehead atoms. The van der Waals surface area contributed by atoms with Gasteiger partial charge in [-0.15, -0.1) is 0 Å². The van der Waals surface area contributed by atoms with Gasteiger partial charge in [0.15, 0.2) is 0 Å². The van der Waals surface area contributed by atoms with E-state index in [1.165, 1.54) is 16.7 Å².